The van der Waals surface area contributed by atoms with E-state index >= 15 is 0 Å². The molecule has 0 aromatic rings. The first-order chi connectivity index (χ1) is 7.10. The number of aliphatic carboxylic acids is 1. The fraction of sp³-hybridized carbons (Fsp3) is 0.909. The number of rotatable bonds is 9. The maximum atomic E-state index is 10.3. The molecule has 0 aliphatic heterocycles. The van der Waals surface area contributed by atoms with Crippen LogP contribution in [-0.4, -0.2) is 35.2 Å². The molecule has 0 saturated heterocycles. The summed E-state index contributed by atoms with van der Waals surface area (Å²) in [7, 11) is 0. The van der Waals surface area contributed by atoms with Crippen LogP contribution < -0.4 is 5.32 Å². The van der Waals surface area contributed by atoms with E-state index in [4.69, 9.17) is 5.11 Å². The van der Waals surface area contributed by atoms with Crippen molar-refractivity contribution in [2.75, 3.05) is 19.3 Å². The van der Waals surface area contributed by atoms with Crippen LogP contribution >= 0.6 is 11.8 Å². The van der Waals surface area contributed by atoms with Gasteiger partial charge in [0.15, 0.2) is 0 Å². The lowest BCUT2D eigenvalue weighted by Crippen LogP contribution is -2.37. The number of hydrogen-bond donors (Lipinski definition) is 2. The minimum absolute atomic E-state index is 0.261. The van der Waals surface area contributed by atoms with Gasteiger partial charge >= 0.3 is 5.97 Å². The van der Waals surface area contributed by atoms with E-state index in [9.17, 15) is 4.79 Å². The molecule has 4 heteroatoms. The smallest absolute Gasteiger partial charge is 0.303 e. The third-order valence-electron chi connectivity index (χ3n) is 2.91. The van der Waals surface area contributed by atoms with Gasteiger partial charge in [0, 0.05) is 17.7 Å². The summed E-state index contributed by atoms with van der Waals surface area (Å²) in [4.78, 5) is 10.3. The average Bonchev–Trinajstić information content (AvgIpc) is 2.24. The number of hydrogen-bond acceptors (Lipinski definition) is 3. The van der Waals surface area contributed by atoms with Gasteiger partial charge in [0.25, 0.3) is 0 Å². The molecule has 15 heavy (non-hydrogen) atoms. The zero-order chi connectivity index (χ0) is 11.7. The summed E-state index contributed by atoms with van der Waals surface area (Å²) in [6.07, 6.45) is 5.42. The van der Waals surface area contributed by atoms with Crippen LogP contribution in [0.1, 0.15) is 39.5 Å². The monoisotopic (exact) mass is 233 g/mol. The lowest BCUT2D eigenvalue weighted by molar-refractivity contribution is -0.137. The molecule has 0 radical (unpaired) electrons. The Balaban J connectivity index is 3.67. The minimum atomic E-state index is -0.709. The highest BCUT2D eigenvalue weighted by atomic mass is 32.2. The molecule has 0 spiro atoms. The molecule has 0 aliphatic rings. The van der Waals surface area contributed by atoms with Gasteiger partial charge in [0.2, 0.25) is 0 Å². The largest absolute Gasteiger partial charge is 0.481 e. The maximum Gasteiger partial charge on any atom is 0.303 e. The standard InChI is InChI=1S/C11H23NO2S/c1-4-11(5-2,15-3)9-12-8-6-7-10(13)14/h12H,4-9H2,1-3H3,(H,13,14). The topological polar surface area (TPSA) is 49.3 Å². The molecule has 0 bridgehead atoms. The van der Waals surface area contributed by atoms with E-state index < -0.39 is 5.97 Å². The number of thioether (sulfide) groups is 1. The highest BCUT2D eigenvalue weighted by Gasteiger charge is 2.23. The Morgan fingerprint density at radius 1 is 1.40 bits per heavy atom. The quantitative estimate of drug-likeness (QED) is 0.600. The van der Waals surface area contributed by atoms with E-state index in [1.165, 1.54) is 0 Å². The molecule has 0 amide bonds. The SMILES string of the molecule is CCC(CC)(CNCCCC(=O)O)SC. The molecule has 0 aromatic heterocycles. The van der Waals surface area contributed by atoms with Crippen LogP contribution in [0.2, 0.25) is 0 Å². The summed E-state index contributed by atoms with van der Waals surface area (Å²) in [5.41, 5.74) is 0. The highest BCUT2D eigenvalue weighted by molar-refractivity contribution is 8.00. The summed E-state index contributed by atoms with van der Waals surface area (Å²) in [5.74, 6) is -0.709. The Bertz CT molecular complexity index is 173. The lowest BCUT2D eigenvalue weighted by Gasteiger charge is -2.29. The fourth-order valence-electron chi connectivity index (χ4n) is 1.54. The Kier molecular flexibility index (Phi) is 7.88. The van der Waals surface area contributed by atoms with E-state index in [1.54, 1.807) is 0 Å². The van der Waals surface area contributed by atoms with Gasteiger partial charge < -0.3 is 10.4 Å². The Morgan fingerprint density at radius 3 is 2.40 bits per heavy atom. The predicted molar refractivity (Wildman–Crippen MR) is 66.6 cm³/mol. The molecule has 0 aliphatic carbocycles. The molecule has 0 fully saturated rings. The van der Waals surface area contributed by atoms with Gasteiger partial charge in [-0.1, -0.05) is 13.8 Å². The van der Waals surface area contributed by atoms with Crippen LogP contribution in [0, 0.1) is 0 Å². The van der Waals surface area contributed by atoms with Crippen molar-refractivity contribution in [2.24, 2.45) is 0 Å². The van der Waals surface area contributed by atoms with E-state index in [2.05, 4.69) is 25.4 Å². The van der Waals surface area contributed by atoms with Crippen LogP contribution in [0.5, 0.6) is 0 Å². The first-order valence-corrected chi connectivity index (χ1v) is 6.80. The third-order valence-corrected chi connectivity index (χ3v) is 4.50. The van der Waals surface area contributed by atoms with Gasteiger partial charge in [-0.3, -0.25) is 4.79 Å². The minimum Gasteiger partial charge on any atom is -0.481 e. The number of carboxylic acids is 1. The van der Waals surface area contributed by atoms with Gasteiger partial charge in [0.1, 0.15) is 0 Å². The molecule has 0 atom stereocenters. The van der Waals surface area contributed by atoms with Crippen molar-refractivity contribution in [3.8, 4) is 0 Å². The molecule has 3 nitrogen and oxygen atoms in total. The lowest BCUT2D eigenvalue weighted by atomic mass is 10.0. The van der Waals surface area contributed by atoms with Crippen LogP contribution in [0.3, 0.4) is 0 Å². The normalized spacial score (nSPS) is 11.7. The Hall–Kier alpha value is -0.220. The number of carboxylic acid groups (broad SMARTS) is 1. The van der Waals surface area contributed by atoms with Crippen molar-refractivity contribution in [1.29, 1.82) is 0 Å². The van der Waals surface area contributed by atoms with Crippen molar-refractivity contribution in [3.05, 3.63) is 0 Å². The second-order valence-electron chi connectivity index (χ2n) is 3.77. The number of nitrogens with one attached hydrogen (secondary N) is 1. The molecule has 0 aromatic carbocycles. The second kappa shape index (κ2) is 7.99. The zero-order valence-electron chi connectivity index (χ0n) is 10.0. The van der Waals surface area contributed by atoms with E-state index in [-0.39, 0.29) is 6.42 Å². The third kappa shape index (κ3) is 6.05. The Labute approximate surface area is 97.0 Å². The summed E-state index contributed by atoms with van der Waals surface area (Å²) in [6, 6.07) is 0. The second-order valence-corrected chi connectivity index (χ2v) is 5.04. The van der Waals surface area contributed by atoms with E-state index in [0.29, 0.717) is 11.2 Å². The maximum absolute atomic E-state index is 10.3. The summed E-state index contributed by atoms with van der Waals surface area (Å²) >= 11 is 1.90. The van der Waals surface area contributed by atoms with Crippen LogP contribution in [0.4, 0.5) is 0 Å². The van der Waals surface area contributed by atoms with Crippen molar-refractivity contribution >= 4 is 17.7 Å². The van der Waals surface area contributed by atoms with Crippen molar-refractivity contribution < 1.29 is 9.90 Å². The van der Waals surface area contributed by atoms with Crippen LogP contribution in [0.25, 0.3) is 0 Å². The van der Waals surface area contributed by atoms with Gasteiger partial charge in [-0.2, -0.15) is 11.8 Å². The predicted octanol–water partition coefficient (Wildman–Crippen LogP) is 2.36. The van der Waals surface area contributed by atoms with Gasteiger partial charge in [-0.05, 0) is 32.1 Å². The molecular weight excluding hydrogens is 210 g/mol. The first kappa shape index (κ1) is 14.8. The van der Waals surface area contributed by atoms with Crippen molar-refractivity contribution in [3.63, 3.8) is 0 Å². The molecule has 0 heterocycles. The van der Waals surface area contributed by atoms with Crippen molar-refractivity contribution in [1.82, 2.24) is 5.32 Å². The van der Waals surface area contributed by atoms with E-state index in [1.807, 2.05) is 11.8 Å². The zero-order valence-corrected chi connectivity index (χ0v) is 10.8. The molecule has 0 rings (SSSR count). The molecule has 2 N–H and O–H groups in total. The van der Waals surface area contributed by atoms with Gasteiger partial charge in [0.05, 0.1) is 0 Å². The first-order valence-electron chi connectivity index (χ1n) is 5.58. The number of carbonyl (C=O) groups is 1. The average molecular weight is 233 g/mol. The van der Waals surface area contributed by atoms with Gasteiger partial charge in [-0.25, -0.2) is 0 Å². The van der Waals surface area contributed by atoms with E-state index in [0.717, 1.165) is 25.9 Å². The van der Waals surface area contributed by atoms with Crippen LogP contribution in [-0.2, 0) is 4.79 Å². The molecule has 90 valence electrons. The Morgan fingerprint density at radius 2 is 2.00 bits per heavy atom. The van der Waals surface area contributed by atoms with Crippen LogP contribution in [0.15, 0.2) is 0 Å². The summed E-state index contributed by atoms with van der Waals surface area (Å²) in [6.45, 7) is 6.19. The fourth-order valence-corrected chi connectivity index (χ4v) is 2.37. The highest BCUT2D eigenvalue weighted by Crippen LogP contribution is 2.29. The van der Waals surface area contributed by atoms with Crippen molar-refractivity contribution in [2.45, 2.75) is 44.3 Å². The molecule has 0 unspecified atom stereocenters. The molecular formula is C11H23NO2S. The summed E-state index contributed by atoms with van der Waals surface area (Å²) in [5, 5.41) is 11.8. The molecule has 0 saturated carbocycles. The van der Waals surface area contributed by atoms with Gasteiger partial charge in [-0.15, -0.1) is 0 Å². The summed E-state index contributed by atoms with van der Waals surface area (Å²) < 4.78 is 0.323.